The minimum absolute atomic E-state index is 0.0872. The Morgan fingerprint density at radius 3 is 2.21 bits per heavy atom. The molecule has 3 aromatic carbocycles. The van der Waals surface area contributed by atoms with Crippen LogP contribution in [0.1, 0.15) is 27.0 Å². The number of rotatable bonds is 6. The van der Waals surface area contributed by atoms with Gasteiger partial charge in [0, 0.05) is 11.3 Å². The fourth-order valence-corrected chi connectivity index (χ4v) is 2.92. The number of carbonyl (C=O) groups is 2. The summed E-state index contributed by atoms with van der Waals surface area (Å²) in [5.74, 6) is -1.49. The number of benzene rings is 3. The largest absolute Gasteiger partial charge is 0.481 e. The third kappa shape index (κ3) is 4.82. The molecule has 0 aliphatic rings. The van der Waals surface area contributed by atoms with Crippen molar-refractivity contribution >= 4 is 17.6 Å². The maximum absolute atomic E-state index is 13.6. The molecule has 0 fully saturated rings. The molecule has 0 aliphatic carbocycles. The first-order valence-corrected chi connectivity index (χ1v) is 8.86. The maximum Gasteiger partial charge on any atom is 0.307 e. The van der Waals surface area contributed by atoms with Crippen LogP contribution >= 0.6 is 0 Å². The van der Waals surface area contributed by atoms with Crippen molar-refractivity contribution in [2.45, 2.75) is 19.9 Å². The lowest BCUT2D eigenvalue weighted by Gasteiger charge is -2.23. The number of carboxylic acid groups (broad SMARTS) is 1. The predicted molar refractivity (Wildman–Crippen MR) is 106 cm³/mol. The molecule has 1 amide bonds. The van der Waals surface area contributed by atoms with Gasteiger partial charge in [0.25, 0.3) is 5.91 Å². The number of carbonyl (C=O) groups excluding carboxylic acids is 1. The Morgan fingerprint density at radius 2 is 1.61 bits per heavy atom. The summed E-state index contributed by atoms with van der Waals surface area (Å²) >= 11 is 0. The Labute approximate surface area is 162 Å². The molecule has 28 heavy (non-hydrogen) atoms. The van der Waals surface area contributed by atoms with Gasteiger partial charge in [0.1, 0.15) is 5.82 Å². The first kappa shape index (κ1) is 19.3. The molecule has 3 rings (SSSR count). The molecule has 0 unspecified atom stereocenters. The molecule has 4 nitrogen and oxygen atoms in total. The number of aryl methyl sites for hydroxylation is 1. The second kappa shape index (κ2) is 8.48. The van der Waals surface area contributed by atoms with Crippen LogP contribution in [0, 0.1) is 12.7 Å². The zero-order valence-electron chi connectivity index (χ0n) is 15.4. The highest BCUT2D eigenvalue weighted by Gasteiger charge is 2.18. The van der Waals surface area contributed by atoms with Crippen molar-refractivity contribution in [3.8, 4) is 0 Å². The van der Waals surface area contributed by atoms with E-state index in [-0.39, 0.29) is 24.7 Å². The fourth-order valence-electron chi connectivity index (χ4n) is 2.92. The summed E-state index contributed by atoms with van der Waals surface area (Å²) < 4.78 is 13.6. The number of anilines is 1. The van der Waals surface area contributed by atoms with Crippen LogP contribution < -0.4 is 4.90 Å². The Hall–Kier alpha value is -3.47. The average Bonchev–Trinajstić information content (AvgIpc) is 2.67. The molecule has 0 saturated heterocycles. The van der Waals surface area contributed by atoms with Gasteiger partial charge in [0.2, 0.25) is 0 Å². The van der Waals surface area contributed by atoms with Gasteiger partial charge in [-0.3, -0.25) is 9.59 Å². The number of hydrogen-bond acceptors (Lipinski definition) is 2. The summed E-state index contributed by atoms with van der Waals surface area (Å²) in [4.78, 5) is 25.6. The van der Waals surface area contributed by atoms with Crippen molar-refractivity contribution in [1.82, 2.24) is 0 Å². The van der Waals surface area contributed by atoms with Gasteiger partial charge in [-0.15, -0.1) is 0 Å². The van der Waals surface area contributed by atoms with Gasteiger partial charge in [-0.1, -0.05) is 42.0 Å². The number of amides is 1. The topological polar surface area (TPSA) is 57.6 Å². The number of hydrogen-bond donors (Lipinski definition) is 1. The van der Waals surface area contributed by atoms with E-state index in [0.717, 1.165) is 5.56 Å². The highest BCUT2D eigenvalue weighted by atomic mass is 19.1. The van der Waals surface area contributed by atoms with Gasteiger partial charge >= 0.3 is 5.97 Å². The van der Waals surface area contributed by atoms with Crippen molar-refractivity contribution in [2.75, 3.05) is 4.90 Å². The molecule has 0 atom stereocenters. The number of halogens is 1. The van der Waals surface area contributed by atoms with E-state index < -0.39 is 5.97 Å². The van der Waals surface area contributed by atoms with Crippen molar-refractivity contribution in [2.24, 2.45) is 0 Å². The monoisotopic (exact) mass is 377 g/mol. The van der Waals surface area contributed by atoms with Crippen molar-refractivity contribution < 1.29 is 19.1 Å². The zero-order chi connectivity index (χ0) is 20.1. The zero-order valence-corrected chi connectivity index (χ0v) is 15.4. The third-order valence-corrected chi connectivity index (χ3v) is 4.38. The molecule has 0 bridgehead atoms. The molecular formula is C23H20FNO3. The summed E-state index contributed by atoms with van der Waals surface area (Å²) in [6.07, 6.45) is -0.0872. The van der Waals surface area contributed by atoms with Crippen LogP contribution in [0.15, 0.2) is 72.8 Å². The number of aliphatic carboxylic acids is 1. The molecule has 0 saturated carbocycles. The van der Waals surface area contributed by atoms with E-state index in [1.165, 1.54) is 12.1 Å². The minimum atomic E-state index is -0.917. The van der Waals surface area contributed by atoms with Gasteiger partial charge in [-0.2, -0.15) is 0 Å². The Bertz CT molecular complexity index is 981. The lowest BCUT2D eigenvalue weighted by Crippen LogP contribution is -2.30. The van der Waals surface area contributed by atoms with Gasteiger partial charge in [0.05, 0.1) is 13.0 Å². The third-order valence-electron chi connectivity index (χ3n) is 4.38. The highest BCUT2D eigenvalue weighted by molar-refractivity contribution is 6.06. The van der Waals surface area contributed by atoms with E-state index in [2.05, 4.69) is 0 Å². The summed E-state index contributed by atoms with van der Waals surface area (Å²) in [6.45, 7) is 2.14. The first-order valence-electron chi connectivity index (χ1n) is 8.86. The van der Waals surface area contributed by atoms with Crippen LogP contribution in [0.5, 0.6) is 0 Å². The molecular weight excluding hydrogens is 357 g/mol. The molecule has 0 aliphatic heterocycles. The van der Waals surface area contributed by atoms with Gasteiger partial charge < -0.3 is 10.0 Å². The molecule has 0 radical (unpaired) electrons. The van der Waals surface area contributed by atoms with E-state index in [1.54, 1.807) is 53.4 Å². The predicted octanol–water partition coefficient (Wildman–Crippen LogP) is 4.61. The SMILES string of the molecule is Cc1ccc(C(=O)N(Cc2cccc(F)c2)c2ccc(CC(=O)O)cc2)cc1. The van der Waals surface area contributed by atoms with Crippen LogP contribution in [0.4, 0.5) is 10.1 Å². The van der Waals surface area contributed by atoms with Crippen LogP contribution in [-0.4, -0.2) is 17.0 Å². The van der Waals surface area contributed by atoms with E-state index >= 15 is 0 Å². The molecule has 142 valence electrons. The molecule has 3 aromatic rings. The van der Waals surface area contributed by atoms with Crippen LogP contribution in [0.3, 0.4) is 0 Å². The Morgan fingerprint density at radius 1 is 0.929 bits per heavy atom. The number of nitrogens with zero attached hydrogens (tertiary/aromatic N) is 1. The lowest BCUT2D eigenvalue weighted by atomic mass is 10.1. The van der Waals surface area contributed by atoms with Crippen molar-refractivity contribution in [3.63, 3.8) is 0 Å². The second-order valence-electron chi connectivity index (χ2n) is 6.62. The fraction of sp³-hybridized carbons (Fsp3) is 0.130. The summed E-state index contributed by atoms with van der Waals surface area (Å²) in [5.41, 5.74) is 3.49. The minimum Gasteiger partial charge on any atom is -0.481 e. The molecule has 0 heterocycles. The Kier molecular flexibility index (Phi) is 5.84. The lowest BCUT2D eigenvalue weighted by molar-refractivity contribution is -0.136. The van der Waals surface area contributed by atoms with Crippen LogP contribution in [-0.2, 0) is 17.8 Å². The van der Waals surface area contributed by atoms with Crippen LogP contribution in [0.25, 0.3) is 0 Å². The van der Waals surface area contributed by atoms with E-state index in [1.807, 2.05) is 19.1 Å². The average molecular weight is 377 g/mol. The quantitative estimate of drug-likeness (QED) is 0.683. The standard InChI is InChI=1S/C23H20FNO3/c1-16-5-9-19(10-6-16)23(28)25(15-18-3-2-4-20(24)13-18)21-11-7-17(8-12-21)14-22(26)27/h2-13H,14-15H2,1H3,(H,26,27). The molecule has 0 spiro atoms. The van der Waals surface area contributed by atoms with Crippen molar-refractivity contribution in [3.05, 3.63) is 101 Å². The maximum atomic E-state index is 13.6. The summed E-state index contributed by atoms with van der Waals surface area (Å²) in [5, 5.41) is 8.93. The molecule has 5 heteroatoms. The van der Waals surface area contributed by atoms with Crippen LogP contribution in [0.2, 0.25) is 0 Å². The molecule has 0 aromatic heterocycles. The van der Waals surface area contributed by atoms with Gasteiger partial charge in [0.15, 0.2) is 0 Å². The highest BCUT2D eigenvalue weighted by Crippen LogP contribution is 2.22. The van der Waals surface area contributed by atoms with Gasteiger partial charge in [-0.05, 0) is 54.4 Å². The van der Waals surface area contributed by atoms with Crippen molar-refractivity contribution in [1.29, 1.82) is 0 Å². The first-order chi connectivity index (χ1) is 13.4. The summed E-state index contributed by atoms with van der Waals surface area (Å²) in [7, 11) is 0. The van der Waals surface area contributed by atoms with E-state index in [4.69, 9.17) is 5.11 Å². The van der Waals surface area contributed by atoms with E-state index in [0.29, 0.717) is 22.4 Å². The van der Waals surface area contributed by atoms with Gasteiger partial charge in [-0.25, -0.2) is 4.39 Å². The normalized spacial score (nSPS) is 10.5. The summed E-state index contributed by atoms with van der Waals surface area (Å²) in [6, 6.07) is 20.2. The number of carboxylic acids is 1. The smallest absolute Gasteiger partial charge is 0.307 e. The second-order valence-corrected chi connectivity index (χ2v) is 6.62. The van der Waals surface area contributed by atoms with E-state index in [9.17, 15) is 14.0 Å². The Balaban J connectivity index is 1.94. The molecule has 1 N–H and O–H groups in total.